The van der Waals surface area contributed by atoms with Gasteiger partial charge in [0.05, 0.1) is 11.4 Å². The Morgan fingerprint density at radius 3 is 2.68 bits per heavy atom. The summed E-state index contributed by atoms with van der Waals surface area (Å²) < 4.78 is 1.08. The van der Waals surface area contributed by atoms with Crippen molar-refractivity contribution in [1.82, 2.24) is 0 Å². The Morgan fingerprint density at radius 2 is 1.89 bits per heavy atom. The first-order valence-corrected chi connectivity index (χ1v) is 7.38. The lowest BCUT2D eigenvalue weighted by Gasteiger charge is -2.21. The highest BCUT2D eigenvalue weighted by Crippen LogP contribution is 2.34. The summed E-state index contributed by atoms with van der Waals surface area (Å²) in [4.78, 5) is 2.39. The van der Waals surface area contributed by atoms with Crippen LogP contribution < -0.4 is 10.6 Å². The minimum atomic E-state index is 0.611. The van der Waals surface area contributed by atoms with Crippen LogP contribution in [-0.4, -0.2) is 13.1 Å². The predicted molar refractivity (Wildman–Crippen MR) is 84.6 cm³/mol. The Kier molecular flexibility index (Phi) is 3.47. The molecule has 1 atom stereocenters. The van der Waals surface area contributed by atoms with Crippen LogP contribution in [0.4, 0.5) is 11.4 Å². The van der Waals surface area contributed by atoms with Gasteiger partial charge in [-0.05, 0) is 30.2 Å². The van der Waals surface area contributed by atoms with Crippen molar-refractivity contribution < 1.29 is 0 Å². The van der Waals surface area contributed by atoms with E-state index in [2.05, 4.69) is 57.2 Å². The van der Waals surface area contributed by atoms with Gasteiger partial charge in [-0.15, -0.1) is 0 Å². The fraction of sp³-hybridized carbons (Fsp3) is 0.250. The molecule has 2 N–H and O–H groups in total. The third-order valence-corrected chi connectivity index (χ3v) is 4.29. The molecule has 1 saturated heterocycles. The maximum atomic E-state index is 6.09. The first-order valence-electron chi connectivity index (χ1n) is 6.59. The highest BCUT2D eigenvalue weighted by atomic mass is 79.9. The number of nitrogen functional groups attached to an aromatic ring is 1. The molecule has 2 aromatic rings. The smallest absolute Gasteiger partial charge is 0.0611 e. The van der Waals surface area contributed by atoms with Crippen LogP contribution in [0, 0.1) is 0 Å². The van der Waals surface area contributed by atoms with Crippen LogP contribution in [0.5, 0.6) is 0 Å². The van der Waals surface area contributed by atoms with E-state index in [1.165, 1.54) is 12.0 Å². The number of nitrogens with two attached hydrogens (primary N) is 1. The number of rotatable bonds is 2. The first kappa shape index (κ1) is 12.5. The highest BCUT2D eigenvalue weighted by Gasteiger charge is 2.25. The van der Waals surface area contributed by atoms with Crippen LogP contribution in [0.15, 0.2) is 53.0 Å². The molecular weight excluding hydrogens is 300 g/mol. The molecule has 0 saturated carbocycles. The van der Waals surface area contributed by atoms with Crippen LogP contribution in [0.25, 0.3) is 0 Å². The zero-order valence-corrected chi connectivity index (χ0v) is 12.3. The second kappa shape index (κ2) is 5.25. The summed E-state index contributed by atoms with van der Waals surface area (Å²) in [5, 5.41) is 0. The van der Waals surface area contributed by atoms with E-state index in [1.54, 1.807) is 0 Å². The van der Waals surface area contributed by atoms with Gasteiger partial charge in [0, 0.05) is 23.5 Å². The van der Waals surface area contributed by atoms with E-state index in [9.17, 15) is 0 Å². The number of hydrogen-bond donors (Lipinski definition) is 1. The van der Waals surface area contributed by atoms with Crippen LogP contribution in [0.1, 0.15) is 17.9 Å². The monoisotopic (exact) mass is 316 g/mol. The van der Waals surface area contributed by atoms with Crippen molar-refractivity contribution in [2.75, 3.05) is 23.7 Å². The van der Waals surface area contributed by atoms with Crippen molar-refractivity contribution in [2.45, 2.75) is 12.3 Å². The van der Waals surface area contributed by atoms with Gasteiger partial charge in [-0.25, -0.2) is 0 Å². The molecule has 2 aromatic carbocycles. The van der Waals surface area contributed by atoms with Crippen molar-refractivity contribution in [2.24, 2.45) is 0 Å². The normalized spacial score (nSPS) is 18.8. The van der Waals surface area contributed by atoms with Gasteiger partial charge in [-0.2, -0.15) is 0 Å². The highest BCUT2D eigenvalue weighted by molar-refractivity contribution is 9.10. The number of benzene rings is 2. The Labute approximate surface area is 122 Å². The third kappa shape index (κ3) is 2.61. The lowest BCUT2D eigenvalue weighted by atomic mass is 9.99. The van der Waals surface area contributed by atoms with E-state index in [1.807, 2.05) is 12.1 Å². The van der Waals surface area contributed by atoms with E-state index in [0.29, 0.717) is 5.92 Å². The number of anilines is 2. The van der Waals surface area contributed by atoms with E-state index < -0.39 is 0 Å². The molecule has 1 heterocycles. The molecule has 3 heteroatoms. The van der Waals surface area contributed by atoms with E-state index in [-0.39, 0.29) is 0 Å². The first-order chi connectivity index (χ1) is 9.24. The maximum Gasteiger partial charge on any atom is 0.0611 e. The lowest BCUT2D eigenvalue weighted by molar-refractivity contribution is 0.775. The van der Waals surface area contributed by atoms with Gasteiger partial charge in [-0.3, -0.25) is 0 Å². The Hall–Kier alpha value is -1.48. The molecule has 19 heavy (non-hydrogen) atoms. The molecule has 1 aliphatic rings. The van der Waals surface area contributed by atoms with Gasteiger partial charge >= 0.3 is 0 Å². The molecule has 2 nitrogen and oxygen atoms in total. The van der Waals surface area contributed by atoms with Gasteiger partial charge in [-0.1, -0.05) is 46.3 Å². The van der Waals surface area contributed by atoms with Crippen molar-refractivity contribution in [3.05, 3.63) is 58.6 Å². The van der Waals surface area contributed by atoms with Gasteiger partial charge in [0.2, 0.25) is 0 Å². The second-order valence-corrected chi connectivity index (χ2v) is 5.96. The third-order valence-electron chi connectivity index (χ3n) is 3.79. The van der Waals surface area contributed by atoms with Gasteiger partial charge < -0.3 is 10.6 Å². The van der Waals surface area contributed by atoms with Crippen LogP contribution >= 0.6 is 15.9 Å². The molecule has 0 aliphatic carbocycles. The van der Waals surface area contributed by atoms with E-state index >= 15 is 0 Å². The number of halogens is 1. The summed E-state index contributed by atoms with van der Waals surface area (Å²) in [7, 11) is 0. The van der Waals surface area contributed by atoms with Crippen molar-refractivity contribution in [1.29, 1.82) is 0 Å². The summed E-state index contributed by atoms with van der Waals surface area (Å²) in [5.74, 6) is 0.611. The summed E-state index contributed by atoms with van der Waals surface area (Å²) in [6.07, 6.45) is 1.19. The summed E-state index contributed by atoms with van der Waals surface area (Å²) >= 11 is 3.52. The minimum absolute atomic E-state index is 0.611. The van der Waals surface area contributed by atoms with Crippen LogP contribution in [-0.2, 0) is 0 Å². The van der Waals surface area contributed by atoms with E-state index in [4.69, 9.17) is 5.73 Å². The molecule has 98 valence electrons. The molecule has 1 unspecified atom stereocenters. The summed E-state index contributed by atoms with van der Waals surface area (Å²) in [5.41, 5.74) is 9.52. The quantitative estimate of drug-likeness (QED) is 0.848. The Bertz CT molecular complexity index is 568. The number of hydrogen-bond acceptors (Lipinski definition) is 2. The molecule has 0 amide bonds. The SMILES string of the molecule is Nc1ccc(Br)cc1N1CCC(c2ccccc2)C1. The number of nitrogens with zero attached hydrogens (tertiary/aromatic N) is 1. The van der Waals surface area contributed by atoms with Crippen LogP contribution in [0.3, 0.4) is 0 Å². The topological polar surface area (TPSA) is 29.3 Å². The zero-order chi connectivity index (χ0) is 13.2. The van der Waals surface area contributed by atoms with Gasteiger partial charge in [0.1, 0.15) is 0 Å². The molecule has 1 aliphatic heterocycles. The Balaban J connectivity index is 1.81. The van der Waals surface area contributed by atoms with Crippen molar-refractivity contribution in [3.63, 3.8) is 0 Å². The fourth-order valence-electron chi connectivity index (χ4n) is 2.77. The van der Waals surface area contributed by atoms with Gasteiger partial charge in [0.15, 0.2) is 0 Å². The maximum absolute atomic E-state index is 6.09. The lowest BCUT2D eigenvalue weighted by Crippen LogP contribution is -2.20. The second-order valence-electron chi connectivity index (χ2n) is 5.05. The largest absolute Gasteiger partial charge is 0.397 e. The molecule has 3 rings (SSSR count). The van der Waals surface area contributed by atoms with Gasteiger partial charge in [0.25, 0.3) is 0 Å². The molecule has 0 spiro atoms. The molecule has 0 bridgehead atoms. The fourth-order valence-corrected chi connectivity index (χ4v) is 3.12. The zero-order valence-electron chi connectivity index (χ0n) is 10.7. The van der Waals surface area contributed by atoms with Crippen molar-refractivity contribution in [3.8, 4) is 0 Å². The average molecular weight is 317 g/mol. The Morgan fingerprint density at radius 1 is 1.11 bits per heavy atom. The van der Waals surface area contributed by atoms with Crippen LogP contribution in [0.2, 0.25) is 0 Å². The van der Waals surface area contributed by atoms with Crippen molar-refractivity contribution >= 4 is 27.3 Å². The minimum Gasteiger partial charge on any atom is -0.397 e. The molecule has 0 radical (unpaired) electrons. The van der Waals surface area contributed by atoms with E-state index in [0.717, 1.165) is 28.9 Å². The predicted octanol–water partition coefficient (Wildman–Crippen LogP) is 4.03. The summed E-state index contributed by atoms with van der Waals surface area (Å²) in [6, 6.07) is 16.8. The standard InChI is InChI=1S/C16H17BrN2/c17-14-6-7-15(18)16(10-14)19-9-8-13(11-19)12-4-2-1-3-5-12/h1-7,10,13H,8-9,11,18H2. The average Bonchev–Trinajstić information content (AvgIpc) is 2.92. The molecule has 0 aromatic heterocycles. The molecular formula is C16H17BrN2. The molecule has 1 fully saturated rings. The summed E-state index contributed by atoms with van der Waals surface area (Å²) in [6.45, 7) is 2.12.